The fraction of sp³-hybridized carbons (Fsp3) is 0.310. The molecular weight excluding hydrogens is 457 g/mol. The molecular formula is C29H34NO4P. The molecule has 0 fully saturated rings. The monoisotopic (exact) mass is 491 g/mol. The highest BCUT2D eigenvalue weighted by molar-refractivity contribution is 7.39. The summed E-state index contributed by atoms with van der Waals surface area (Å²) in [5.74, 6) is 1.29. The molecule has 0 bridgehead atoms. The zero-order chi connectivity index (χ0) is 24.8. The predicted molar refractivity (Wildman–Crippen MR) is 143 cm³/mol. The first-order valence-electron chi connectivity index (χ1n) is 12.3. The Morgan fingerprint density at radius 1 is 0.857 bits per heavy atom. The molecule has 1 aliphatic carbocycles. The second-order valence-electron chi connectivity index (χ2n) is 8.70. The number of allylic oxidation sites excluding steroid dienone is 1. The molecule has 0 radical (unpaired) electrons. The van der Waals surface area contributed by atoms with Crippen LogP contribution in [0.4, 0.5) is 0 Å². The van der Waals surface area contributed by atoms with E-state index < -0.39 is 8.60 Å². The van der Waals surface area contributed by atoms with Crippen molar-refractivity contribution in [1.29, 1.82) is 0 Å². The van der Waals surface area contributed by atoms with E-state index in [0.717, 1.165) is 49.2 Å². The van der Waals surface area contributed by atoms with Crippen LogP contribution in [0.5, 0.6) is 11.5 Å². The van der Waals surface area contributed by atoms with Crippen molar-refractivity contribution < 1.29 is 19.0 Å². The summed E-state index contributed by atoms with van der Waals surface area (Å²) in [6.07, 6.45) is 3.21. The maximum Gasteiger partial charge on any atom is 0.391 e. The van der Waals surface area contributed by atoms with Crippen molar-refractivity contribution in [3.63, 3.8) is 0 Å². The standard InChI is InChI=1S/C29H34NO4P/c1-4-30(5-2)21(3)33-25-17-13-23(14-18-25)29(24-15-19-26(20-16-24)34-35(31)32)28-12-8-10-22-9-6-7-11-27(22)28/h6-7,9,11,13-21,31-32H,4-5,8,10,12H2,1-3H3. The van der Waals surface area contributed by atoms with Crippen molar-refractivity contribution in [2.24, 2.45) is 0 Å². The number of nitrogens with zero attached hydrogens (tertiary/aromatic N) is 1. The molecule has 0 heterocycles. The molecule has 4 rings (SSSR count). The van der Waals surface area contributed by atoms with Gasteiger partial charge in [-0.3, -0.25) is 4.90 Å². The van der Waals surface area contributed by atoms with Gasteiger partial charge in [0.25, 0.3) is 0 Å². The fourth-order valence-corrected chi connectivity index (χ4v) is 5.19. The maximum atomic E-state index is 9.20. The maximum absolute atomic E-state index is 9.20. The third-order valence-electron chi connectivity index (χ3n) is 6.62. The Hall–Kier alpha value is -2.69. The zero-order valence-corrected chi connectivity index (χ0v) is 21.5. The average molecular weight is 492 g/mol. The van der Waals surface area contributed by atoms with Gasteiger partial charge in [-0.1, -0.05) is 62.4 Å². The molecule has 0 aliphatic heterocycles. The number of hydrogen-bond donors (Lipinski definition) is 2. The van der Waals surface area contributed by atoms with E-state index >= 15 is 0 Å². The van der Waals surface area contributed by atoms with Crippen molar-refractivity contribution in [3.05, 3.63) is 95.1 Å². The number of hydrogen-bond acceptors (Lipinski definition) is 5. The molecule has 3 aromatic rings. The molecule has 0 amide bonds. The summed E-state index contributed by atoms with van der Waals surface area (Å²) >= 11 is 0. The lowest BCUT2D eigenvalue weighted by Gasteiger charge is -2.27. The minimum absolute atomic E-state index is 0.00923. The lowest BCUT2D eigenvalue weighted by atomic mass is 9.81. The Morgan fingerprint density at radius 2 is 1.46 bits per heavy atom. The highest BCUT2D eigenvalue weighted by Crippen LogP contribution is 2.41. The summed E-state index contributed by atoms with van der Waals surface area (Å²) in [4.78, 5) is 20.7. The Bertz CT molecular complexity index is 1140. The largest absolute Gasteiger partial charge is 0.475 e. The molecule has 0 saturated carbocycles. The Labute approximate surface area is 209 Å². The van der Waals surface area contributed by atoms with E-state index in [2.05, 4.69) is 62.1 Å². The predicted octanol–water partition coefficient (Wildman–Crippen LogP) is 6.64. The Balaban J connectivity index is 1.74. The third kappa shape index (κ3) is 6.12. The minimum Gasteiger partial charge on any atom is -0.475 e. The SMILES string of the molecule is CCN(CC)C(C)Oc1ccc(C(=C2CCCc3ccccc32)c2ccc(OP(O)O)cc2)cc1. The minimum atomic E-state index is -2.44. The summed E-state index contributed by atoms with van der Waals surface area (Å²) < 4.78 is 11.3. The van der Waals surface area contributed by atoms with Crippen LogP contribution in [0, 0.1) is 0 Å². The van der Waals surface area contributed by atoms with E-state index in [9.17, 15) is 9.79 Å². The molecule has 5 nitrogen and oxygen atoms in total. The summed E-state index contributed by atoms with van der Waals surface area (Å²) in [5.41, 5.74) is 7.39. The highest BCUT2D eigenvalue weighted by Gasteiger charge is 2.20. The van der Waals surface area contributed by atoms with Crippen molar-refractivity contribution >= 4 is 19.7 Å². The normalized spacial score (nSPS) is 15.6. The van der Waals surface area contributed by atoms with E-state index in [1.165, 1.54) is 22.3 Å². The van der Waals surface area contributed by atoms with E-state index in [-0.39, 0.29) is 6.23 Å². The fourth-order valence-electron chi connectivity index (χ4n) is 4.88. The average Bonchev–Trinajstić information content (AvgIpc) is 2.87. The van der Waals surface area contributed by atoms with Crippen LogP contribution in [-0.4, -0.2) is 34.0 Å². The van der Waals surface area contributed by atoms with Gasteiger partial charge < -0.3 is 19.0 Å². The van der Waals surface area contributed by atoms with Gasteiger partial charge >= 0.3 is 8.60 Å². The first-order chi connectivity index (χ1) is 17.0. The van der Waals surface area contributed by atoms with Gasteiger partial charge in [-0.05, 0) is 96.9 Å². The van der Waals surface area contributed by atoms with Crippen molar-refractivity contribution in [3.8, 4) is 11.5 Å². The van der Waals surface area contributed by atoms with E-state index in [0.29, 0.717) is 5.75 Å². The lowest BCUT2D eigenvalue weighted by molar-refractivity contribution is 0.0481. The molecule has 0 saturated heterocycles. The second kappa shape index (κ2) is 11.8. The molecule has 184 valence electrons. The quantitative estimate of drug-likeness (QED) is 0.260. The Kier molecular flexibility index (Phi) is 8.59. The summed E-state index contributed by atoms with van der Waals surface area (Å²) in [5, 5.41) is 0. The number of aryl methyl sites for hydroxylation is 1. The molecule has 35 heavy (non-hydrogen) atoms. The highest BCUT2D eigenvalue weighted by atomic mass is 31.2. The van der Waals surface area contributed by atoms with Gasteiger partial charge in [0.05, 0.1) is 0 Å². The van der Waals surface area contributed by atoms with Crippen molar-refractivity contribution in [2.45, 2.75) is 46.3 Å². The van der Waals surface area contributed by atoms with Gasteiger partial charge in [0, 0.05) is 0 Å². The lowest BCUT2D eigenvalue weighted by Crippen LogP contribution is -2.36. The number of fused-ring (bicyclic) bond motifs is 1. The van der Waals surface area contributed by atoms with Gasteiger partial charge in [-0.15, -0.1) is 0 Å². The van der Waals surface area contributed by atoms with Crippen LogP contribution in [0.25, 0.3) is 11.1 Å². The topological polar surface area (TPSA) is 62.2 Å². The number of benzene rings is 3. The van der Waals surface area contributed by atoms with Crippen molar-refractivity contribution in [1.82, 2.24) is 4.90 Å². The van der Waals surface area contributed by atoms with E-state index in [1.54, 1.807) is 12.1 Å². The van der Waals surface area contributed by atoms with Crippen LogP contribution in [0.15, 0.2) is 72.8 Å². The van der Waals surface area contributed by atoms with E-state index in [4.69, 9.17) is 9.26 Å². The molecule has 1 aliphatic rings. The van der Waals surface area contributed by atoms with Gasteiger partial charge in [0.15, 0.2) is 0 Å². The van der Waals surface area contributed by atoms with Crippen LogP contribution < -0.4 is 9.26 Å². The molecule has 3 aromatic carbocycles. The molecule has 6 heteroatoms. The first-order valence-corrected chi connectivity index (χ1v) is 13.5. The van der Waals surface area contributed by atoms with Crippen LogP contribution in [0.2, 0.25) is 0 Å². The van der Waals surface area contributed by atoms with Crippen LogP contribution >= 0.6 is 8.60 Å². The van der Waals surface area contributed by atoms with Gasteiger partial charge in [0.2, 0.25) is 0 Å². The molecule has 0 spiro atoms. The number of ether oxygens (including phenoxy) is 1. The molecule has 0 aromatic heterocycles. The molecule has 1 unspecified atom stereocenters. The van der Waals surface area contributed by atoms with Crippen LogP contribution in [0.3, 0.4) is 0 Å². The summed E-state index contributed by atoms with van der Waals surface area (Å²) in [6, 6.07) is 24.6. The third-order valence-corrected chi connectivity index (χ3v) is 7.00. The van der Waals surface area contributed by atoms with Gasteiger partial charge in [0.1, 0.15) is 17.7 Å². The van der Waals surface area contributed by atoms with Crippen LogP contribution in [0.1, 0.15) is 55.9 Å². The first kappa shape index (κ1) is 25.4. The van der Waals surface area contributed by atoms with Gasteiger partial charge in [-0.25, -0.2) is 0 Å². The smallest absolute Gasteiger partial charge is 0.391 e. The van der Waals surface area contributed by atoms with Crippen molar-refractivity contribution in [2.75, 3.05) is 13.1 Å². The molecule has 1 atom stereocenters. The molecule has 2 N–H and O–H groups in total. The van der Waals surface area contributed by atoms with Gasteiger partial charge in [-0.2, -0.15) is 0 Å². The Morgan fingerprint density at radius 3 is 2.06 bits per heavy atom. The number of rotatable bonds is 9. The van der Waals surface area contributed by atoms with Crippen LogP contribution in [-0.2, 0) is 6.42 Å². The summed E-state index contributed by atoms with van der Waals surface area (Å²) in [7, 11) is -2.44. The second-order valence-corrected chi connectivity index (χ2v) is 9.38. The van der Waals surface area contributed by atoms with E-state index in [1.807, 2.05) is 24.3 Å². The summed E-state index contributed by atoms with van der Waals surface area (Å²) in [6.45, 7) is 8.26. The zero-order valence-electron chi connectivity index (χ0n) is 20.6.